The third kappa shape index (κ3) is 3.52. The first-order chi connectivity index (χ1) is 14.3. The predicted octanol–water partition coefficient (Wildman–Crippen LogP) is 4.83. The Labute approximate surface area is 170 Å². The molecule has 5 rings (SSSR count). The van der Waals surface area contributed by atoms with Crippen LogP contribution in [0.1, 0.15) is 11.1 Å². The number of rotatable bonds is 5. The fourth-order valence-corrected chi connectivity index (χ4v) is 4.16. The molecular weight excluding hydrogens is 393 g/mol. The molecule has 6 nitrogen and oxygen atoms in total. The molecule has 3 heterocycles. The predicted molar refractivity (Wildman–Crippen MR) is 105 cm³/mol. The van der Waals surface area contributed by atoms with Crippen molar-refractivity contribution >= 4 is 11.8 Å². The molecule has 0 radical (unpaired) electrons. The van der Waals surface area contributed by atoms with E-state index in [-0.39, 0.29) is 12.6 Å². The monoisotopic (exact) mass is 409 g/mol. The Morgan fingerprint density at radius 2 is 1.97 bits per heavy atom. The van der Waals surface area contributed by atoms with Crippen molar-refractivity contribution < 1.29 is 18.3 Å². The van der Waals surface area contributed by atoms with Crippen molar-refractivity contribution in [2.24, 2.45) is 0 Å². The Morgan fingerprint density at radius 1 is 1.07 bits per heavy atom. The molecule has 0 amide bonds. The molecule has 146 valence electrons. The van der Waals surface area contributed by atoms with Crippen molar-refractivity contribution in [2.45, 2.75) is 17.5 Å². The van der Waals surface area contributed by atoms with E-state index in [1.54, 1.807) is 6.26 Å². The number of thioether (sulfide) groups is 1. The van der Waals surface area contributed by atoms with Gasteiger partial charge in [0.25, 0.3) is 0 Å². The van der Waals surface area contributed by atoms with E-state index in [1.165, 1.54) is 23.9 Å². The molecule has 0 aliphatic carbocycles. The van der Waals surface area contributed by atoms with Crippen LogP contribution in [0.3, 0.4) is 0 Å². The lowest BCUT2D eigenvalue weighted by Gasteiger charge is -2.20. The molecule has 8 heteroatoms. The average molecular weight is 409 g/mol. The fraction of sp³-hybridized carbons (Fsp3) is 0.143. The van der Waals surface area contributed by atoms with Crippen molar-refractivity contribution in [3.05, 3.63) is 77.8 Å². The van der Waals surface area contributed by atoms with Crippen LogP contribution in [0, 0.1) is 5.82 Å². The Morgan fingerprint density at radius 3 is 2.79 bits per heavy atom. The van der Waals surface area contributed by atoms with E-state index in [9.17, 15) is 4.39 Å². The molecule has 4 aromatic rings. The molecule has 0 spiro atoms. The summed E-state index contributed by atoms with van der Waals surface area (Å²) in [6, 6.07) is 16.4. The molecule has 1 aliphatic rings. The normalized spacial score (nSPS) is 13.1. The summed E-state index contributed by atoms with van der Waals surface area (Å²) in [5.41, 5.74) is 2.39. The first-order valence-electron chi connectivity index (χ1n) is 8.99. The van der Waals surface area contributed by atoms with Crippen LogP contribution in [0.15, 0.2) is 70.4 Å². The van der Waals surface area contributed by atoms with E-state index in [0.717, 1.165) is 11.3 Å². The van der Waals surface area contributed by atoms with E-state index >= 15 is 0 Å². The number of fused-ring (bicyclic) bond motifs is 1. The van der Waals surface area contributed by atoms with Gasteiger partial charge >= 0.3 is 0 Å². The highest BCUT2D eigenvalue weighted by Crippen LogP contribution is 2.35. The van der Waals surface area contributed by atoms with Crippen LogP contribution in [0.2, 0.25) is 0 Å². The number of furan rings is 1. The van der Waals surface area contributed by atoms with Gasteiger partial charge in [-0.3, -0.25) is 4.57 Å². The topological polar surface area (TPSA) is 62.3 Å². The molecule has 0 atom stereocenters. The van der Waals surface area contributed by atoms with Gasteiger partial charge in [-0.1, -0.05) is 30.0 Å². The molecule has 0 bridgehead atoms. The number of hydrogen-bond donors (Lipinski definition) is 0. The molecule has 1 aliphatic heterocycles. The minimum absolute atomic E-state index is 0.166. The van der Waals surface area contributed by atoms with Crippen LogP contribution < -0.4 is 4.74 Å². The number of para-hydroxylation sites is 1. The van der Waals surface area contributed by atoms with Gasteiger partial charge in [0.2, 0.25) is 5.82 Å². The maximum absolute atomic E-state index is 14.0. The van der Waals surface area contributed by atoms with Crippen LogP contribution in [0.4, 0.5) is 4.39 Å². The van der Waals surface area contributed by atoms with Crippen LogP contribution in [0.5, 0.6) is 5.75 Å². The average Bonchev–Trinajstić information content (AvgIpc) is 3.42. The zero-order valence-corrected chi connectivity index (χ0v) is 16.1. The molecule has 2 aromatic carbocycles. The highest BCUT2D eigenvalue weighted by molar-refractivity contribution is 7.98. The smallest absolute Gasteiger partial charge is 0.205 e. The minimum Gasteiger partial charge on any atom is -0.467 e. The maximum Gasteiger partial charge on any atom is 0.205 e. The number of benzene rings is 2. The van der Waals surface area contributed by atoms with Gasteiger partial charge in [-0.15, -0.1) is 10.2 Å². The van der Waals surface area contributed by atoms with Gasteiger partial charge in [0.05, 0.1) is 12.9 Å². The lowest BCUT2D eigenvalue weighted by molar-refractivity contribution is -0.0171. The van der Waals surface area contributed by atoms with Crippen LogP contribution in [-0.4, -0.2) is 21.6 Å². The second-order valence-electron chi connectivity index (χ2n) is 6.41. The molecule has 29 heavy (non-hydrogen) atoms. The van der Waals surface area contributed by atoms with Crippen molar-refractivity contribution in [1.29, 1.82) is 0 Å². The third-order valence-electron chi connectivity index (χ3n) is 4.50. The van der Waals surface area contributed by atoms with Gasteiger partial charge in [-0.2, -0.15) is 0 Å². The molecular formula is C21H16FN3O3S. The molecule has 0 saturated carbocycles. The summed E-state index contributed by atoms with van der Waals surface area (Å²) in [6.45, 7) is 0.507. The Balaban J connectivity index is 1.51. The Kier molecular flexibility index (Phi) is 4.79. The molecule has 0 saturated heterocycles. The Bertz CT molecular complexity index is 1130. The summed E-state index contributed by atoms with van der Waals surface area (Å²) in [6.07, 6.45) is 1.60. The van der Waals surface area contributed by atoms with E-state index in [0.29, 0.717) is 40.4 Å². The third-order valence-corrected chi connectivity index (χ3v) is 5.48. The van der Waals surface area contributed by atoms with Crippen molar-refractivity contribution in [3.8, 4) is 23.0 Å². The number of hydrogen-bond acceptors (Lipinski definition) is 6. The molecule has 0 fully saturated rings. The zero-order valence-electron chi connectivity index (χ0n) is 15.2. The van der Waals surface area contributed by atoms with Gasteiger partial charge in [-0.25, -0.2) is 4.39 Å². The number of aromatic nitrogens is 3. The highest BCUT2D eigenvalue weighted by Gasteiger charge is 2.21. The van der Waals surface area contributed by atoms with Gasteiger partial charge in [0, 0.05) is 22.6 Å². The summed E-state index contributed by atoms with van der Waals surface area (Å²) in [5.74, 6) is 2.08. The van der Waals surface area contributed by atoms with Gasteiger partial charge in [0.1, 0.15) is 11.6 Å². The van der Waals surface area contributed by atoms with E-state index < -0.39 is 0 Å². The molecule has 2 aromatic heterocycles. The summed E-state index contributed by atoms with van der Waals surface area (Å²) >= 11 is 1.45. The van der Waals surface area contributed by atoms with Crippen molar-refractivity contribution in [2.75, 3.05) is 6.79 Å². The van der Waals surface area contributed by atoms with Crippen molar-refractivity contribution in [1.82, 2.24) is 14.8 Å². The van der Waals surface area contributed by atoms with E-state index in [1.807, 2.05) is 47.0 Å². The number of nitrogens with zero attached hydrogens (tertiary/aromatic N) is 3. The zero-order chi connectivity index (χ0) is 19.6. The largest absolute Gasteiger partial charge is 0.467 e. The second kappa shape index (κ2) is 7.73. The Hall–Kier alpha value is -3.10. The van der Waals surface area contributed by atoms with Gasteiger partial charge in [0.15, 0.2) is 17.7 Å². The van der Waals surface area contributed by atoms with Crippen LogP contribution in [0.25, 0.3) is 17.3 Å². The number of ether oxygens (including phenoxy) is 2. The van der Waals surface area contributed by atoms with Crippen LogP contribution in [-0.2, 0) is 17.1 Å². The van der Waals surface area contributed by atoms with Gasteiger partial charge < -0.3 is 13.9 Å². The molecule has 0 N–H and O–H groups in total. The quantitative estimate of drug-likeness (QED) is 0.440. The summed E-state index contributed by atoms with van der Waals surface area (Å²) in [4.78, 5) is 0. The first-order valence-corrected chi connectivity index (χ1v) is 9.97. The van der Waals surface area contributed by atoms with Gasteiger partial charge in [-0.05, 0) is 36.4 Å². The van der Waals surface area contributed by atoms with E-state index in [2.05, 4.69) is 10.2 Å². The van der Waals surface area contributed by atoms with E-state index in [4.69, 9.17) is 13.9 Å². The second-order valence-corrected chi connectivity index (χ2v) is 7.35. The highest BCUT2D eigenvalue weighted by atomic mass is 32.2. The first kappa shape index (κ1) is 18.0. The summed E-state index contributed by atoms with van der Waals surface area (Å²) in [7, 11) is 0. The van der Waals surface area contributed by atoms with Crippen molar-refractivity contribution in [3.63, 3.8) is 0 Å². The molecule has 0 unspecified atom stereocenters. The lowest BCUT2D eigenvalue weighted by Crippen LogP contribution is -2.13. The number of halogens is 1. The lowest BCUT2D eigenvalue weighted by atomic mass is 10.1. The summed E-state index contributed by atoms with van der Waals surface area (Å²) in [5, 5.41) is 9.35. The fourth-order valence-electron chi connectivity index (χ4n) is 3.24. The SMILES string of the molecule is Fc1cc2c(c(CSc3nnc(-c4ccco4)n3-c3ccccc3)c1)OCOC2. The maximum atomic E-state index is 14.0. The standard InChI is InChI=1S/C21H16FN3O3S/c22-16-9-14-11-26-13-28-19(14)15(10-16)12-29-21-24-23-20(18-7-4-8-27-18)25(21)17-5-2-1-3-6-17/h1-10H,11-13H2. The minimum atomic E-state index is -0.311. The summed E-state index contributed by atoms with van der Waals surface area (Å²) < 4.78 is 32.4. The van der Waals surface area contributed by atoms with Crippen LogP contribution >= 0.6 is 11.8 Å².